The Morgan fingerprint density at radius 1 is 1.00 bits per heavy atom. The van der Waals surface area contributed by atoms with Crippen LogP contribution >= 0.6 is 11.6 Å². The number of hydrogen-bond acceptors (Lipinski definition) is 8. The number of carbonyl (C=O) groups excluding carboxylic acids is 1. The molecule has 1 saturated carbocycles. The SMILES string of the molecule is Cn1nc(NS(C)(=O)=O)c2c(Cl)ccc(-n3c([C@H](Cc4cc(F)cc(F)c4)NC(=O)Cn4nc(C(F)F)c5c4C(F)(F)[C@@H]4C[C@H]54)nc4cc(-c5ccc(F)cc5F)cnc4c3=O)c21. The van der Waals surface area contributed by atoms with Crippen molar-refractivity contribution in [2.45, 2.75) is 43.7 Å². The molecule has 4 aromatic heterocycles. The monoisotopic (exact) mass is 917 g/mol. The van der Waals surface area contributed by atoms with E-state index < -0.39 is 105 Å². The highest BCUT2D eigenvalue weighted by Crippen LogP contribution is 2.68. The van der Waals surface area contributed by atoms with Crippen molar-refractivity contribution >= 4 is 55.3 Å². The Labute approximate surface area is 354 Å². The van der Waals surface area contributed by atoms with Gasteiger partial charge in [-0.15, -0.1) is 0 Å². The molecule has 3 atom stereocenters. The summed E-state index contributed by atoms with van der Waals surface area (Å²) >= 11 is 6.58. The van der Waals surface area contributed by atoms with Crippen molar-refractivity contribution in [3.8, 4) is 16.8 Å². The number of aromatic nitrogens is 7. The van der Waals surface area contributed by atoms with Crippen molar-refractivity contribution in [1.29, 1.82) is 0 Å². The van der Waals surface area contributed by atoms with E-state index in [2.05, 4.69) is 30.2 Å². The highest BCUT2D eigenvalue weighted by molar-refractivity contribution is 7.92. The third-order valence-corrected chi connectivity index (χ3v) is 11.8. The Bertz CT molecular complexity index is 3250. The number of hydrogen-bond donors (Lipinski definition) is 2. The van der Waals surface area contributed by atoms with E-state index in [1.54, 1.807) is 0 Å². The Hall–Kier alpha value is -6.42. The predicted molar refractivity (Wildman–Crippen MR) is 211 cm³/mol. The van der Waals surface area contributed by atoms with E-state index in [4.69, 9.17) is 11.6 Å². The summed E-state index contributed by atoms with van der Waals surface area (Å²) in [5, 5.41) is 10.5. The highest BCUT2D eigenvalue weighted by Gasteiger charge is 2.67. The number of pyridine rings is 1. The molecule has 1 fully saturated rings. The van der Waals surface area contributed by atoms with Gasteiger partial charge in [-0.25, -0.2) is 44.7 Å². The van der Waals surface area contributed by atoms with Gasteiger partial charge in [0.05, 0.1) is 39.4 Å². The zero-order chi connectivity index (χ0) is 45.0. The second kappa shape index (κ2) is 14.9. The van der Waals surface area contributed by atoms with Crippen LogP contribution in [0.4, 0.5) is 40.9 Å². The smallest absolute Gasteiger partial charge is 0.293 e. The minimum Gasteiger partial charge on any atom is -0.344 e. The maximum atomic E-state index is 15.5. The molecule has 3 aromatic carbocycles. The lowest BCUT2D eigenvalue weighted by molar-refractivity contribution is -0.123. The number of sulfonamides is 1. The number of nitrogens with zero attached hydrogens (tertiary/aromatic N) is 7. The molecule has 0 spiro atoms. The van der Waals surface area contributed by atoms with E-state index in [9.17, 15) is 40.0 Å². The van der Waals surface area contributed by atoms with Gasteiger partial charge in [-0.1, -0.05) is 11.6 Å². The molecule has 0 aliphatic heterocycles. The van der Waals surface area contributed by atoms with E-state index >= 15 is 13.2 Å². The average Bonchev–Trinajstić information content (AvgIpc) is 3.72. The van der Waals surface area contributed by atoms with E-state index in [1.807, 2.05) is 0 Å². The van der Waals surface area contributed by atoms with Crippen LogP contribution in [0.5, 0.6) is 0 Å². The van der Waals surface area contributed by atoms with Crippen LogP contribution in [0.2, 0.25) is 5.02 Å². The molecule has 2 N–H and O–H groups in total. The summed E-state index contributed by atoms with van der Waals surface area (Å²) in [5.74, 6) is -11.5. The Balaban J connectivity index is 1.26. The van der Waals surface area contributed by atoms with Crippen molar-refractivity contribution in [3.05, 3.63) is 128 Å². The first kappa shape index (κ1) is 41.9. The summed E-state index contributed by atoms with van der Waals surface area (Å²) in [6, 6.07) is 7.31. The normalized spacial score (nSPS) is 17.0. The number of aryl methyl sites for hydroxylation is 1. The molecule has 2 aliphatic rings. The molecule has 0 radical (unpaired) electrons. The molecule has 0 bridgehead atoms. The van der Waals surface area contributed by atoms with Crippen LogP contribution in [0.1, 0.15) is 53.1 Å². The van der Waals surface area contributed by atoms with Crippen molar-refractivity contribution in [3.63, 3.8) is 0 Å². The number of carbonyl (C=O) groups is 1. The molecule has 9 rings (SSSR count). The van der Waals surface area contributed by atoms with Crippen LogP contribution in [-0.4, -0.2) is 54.7 Å². The standard InChI is InChI=1S/C40H28ClF8N9O4S/c1-56-34-28(6-5-24(41)31(34)37(54-56)55-63(2,61)62)58-38(52-26-10-17(14-50-32(26)39(58)60)21-4-3-18(42)12-25(21)45)27(9-16-7-19(43)11-20(44)8-16)51-29(59)15-57-35-30(33(53-57)36(46)47)22-13-23(22)40(35,48)49/h3-8,10-12,14,22-23,27,36H,9,13,15H2,1-2H3,(H,51,59)(H,54,55)/t22-,23+,27-/m0/s1. The molecule has 0 unspecified atom stereocenters. The van der Waals surface area contributed by atoms with Crippen LogP contribution in [0.3, 0.4) is 0 Å². The number of amides is 1. The van der Waals surface area contributed by atoms with Crippen LogP contribution in [-0.2, 0) is 40.8 Å². The third kappa shape index (κ3) is 7.33. The fourth-order valence-corrected chi connectivity index (χ4v) is 9.07. The van der Waals surface area contributed by atoms with Gasteiger partial charge in [0.2, 0.25) is 15.9 Å². The Kier molecular flexibility index (Phi) is 9.88. The minimum atomic E-state index is -3.96. The van der Waals surface area contributed by atoms with Gasteiger partial charge in [0.15, 0.2) is 11.3 Å². The maximum absolute atomic E-state index is 15.5. The second-order valence-corrected chi connectivity index (χ2v) is 17.4. The summed E-state index contributed by atoms with van der Waals surface area (Å²) in [5.41, 5.74) is -4.00. The van der Waals surface area contributed by atoms with Crippen molar-refractivity contribution in [2.24, 2.45) is 13.0 Å². The van der Waals surface area contributed by atoms with Gasteiger partial charge in [0.1, 0.15) is 47.0 Å². The number of rotatable bonds is 11. The van der Waals surface area contributed by atoms with Gasteiger partial charge in [0, 0.05) is 54.4 Å². The number of fused-ring (bicyclic) bond motifs is 5. The molecule has 13 nitrogen and oxygen atoms in total. The number of benzene rings is 3. The average molecular weight is 918 g/mol. The third-order valence-electron chi connectivity index (χ3n) is 10.9. The summed E-state index contributed by atoms with van der Waals surface area (Å²) in [6.07, 6.45) is -1.88. The molecule has 4 heterocycles. The number of anilines is 1. The number of alkyl halides is 4. The predicted octanol–water partition coefficient (Wildman–Crippen LogP) is 7.36. The van der Waals surface area contributed by atoms with E-state index in [-0.39, 0.29) is 67.1 Å². The molecular formula is C40H28ClF8N9O4S. The van der Waals surface area contributed by atoms with Crippen molar-refractivity contribution < 1.29 is 48.3 Å². The molecule has 326 valence electrons. The zero-order valence-corrected chi connectivity index (χ0v) is 33.9. The van der Waals surface area contributed by atoms with Gasteiger partial charge in [-0.3, -0.25) is 28.2 Å². The molecule has 1 amide bonds. The molecule has 63 heavy (non-hydrogen) atoms. The lowest BCUT2D eigenvalue weighted by Gasteiger charge is -2.24. The first-order valence-corrected chi connectivity index (χ1v) is 21.0. The lowest BCUT2D eigenvalue weighted by Crippen LogP contribution is -2.38. The molecular weight excluding hydrogens is 890 g/mol. The summed E-state index contributed by atoms with van der Waals surface area (Å²) in [6.45, 7) is -1.06. The van der Waals surface area contributed by atoms with Gasteiger partial charge < -0.3 is 5.32 Å². The first-order chi connectivity index (χ1) is 29.7. The van der Waals surface area contributed by atoms with Crippen molar-refractivity contribution in [1.82, 2.24) is 39.4 Å². The molecule has 7 aromatic rings. The summed E-state index contributed by atoms with van der Waals surface area (Å²) in [4.78, 5) is 37.9. The second-order valence-electron chi connectivity index (χ2n) is 15.2. The van der Waals surface area contributed by atoms with E-state index in [0.29, 0.717) is 16.8 Å². The van der Waals surface area contributed by atoms with Crippen LogP contribution in [0.15, 0.2) is 65.6 Å². The van der Waals surface area contributed by atoms with Gasteiger partial charge in [-0.05, 0) is 60.4 Å². The summed E-state index contributed by atoms with van der Waals surface area (Å²) in [7, 11) is -2.57. The number of halogens is 9. The Morgan fingerprint density at radius 3 is 2.41 bits per heavy atom. The molecule has 0 saturated heterocycles. The lowest BCUT2D eigenvalue weighted by atomic mass is 10.0. The van der Waals surface area contributed by atoms with Crippen LogP contribution in [0.25, 0.3) is 38.8 Å². The quantitative estimate of drug-likeness (QED) is 0.128. The van der Waals surface area contributed by atoms with Gasteiger partial charge in [-0.2, -0.15) is 19.0 Å². The van der Waals surface area contributed by atoms with E-state index in [1.165, 1.54) is 29.9 Å². The van der Waals surface area contributed by atoms with Crippen molar-refractivity contribution in [2.75, 3.05) is 11.0 Å². The molecule has 23 heteroatoms. The van der Waals surface area contributed by atoms with E-state index in [0.717, 1.165) is 41.3 Å². The zero-order valence-electron chi connectivity index (χ0n) is 32.3. The largest absolute Gasteiger partial charge is 0.344 e. The van der Waals surface area contributed by atoms with Gasteiger partial charge >= 0.3 is 0 Å². The first-order valence-electron chi connectivity index (χ1n) is 18.7. The minimum absolute atomic E-state index is 0.00994. The fraction of sp³-hybridized carbons (Fsp3) is 0.250. The maximum Gasteiger partial charge on any atom is 0.293 e. The van der Waals surface area contributed by atoms with Crippen LogP contribution in [0, 0.1) is 29.2 Å². The molecule has 2 aliphatic carbocycles. The van der Waals surface area contributed by atoms with Crippen LogP contribution < -0.4 is 15.6 Å². The summed E-state index contributed by atoms with van der Waals surface area (Å²) < 4.78 is 147. The fourth-order valence-electron chi connectivity index (χ4n) is 8.33. The Morgan fingerprint density at radius 2 is 1.73 bits per heavy atom. The number of nitrogens with one attached hydrogen (secondary N) is 2. The topological polar surface area (TPSA) is 159 Å². The van der Waals surface area contributed by atoms with Gasteiger partial charge in [0.25, 0.3) is 17.9 Å². The highest BCUT2D eigenvalue weighted by atomic mass is 35.5.